The summed E-state index contributed by atoms with van der Waals surface area (Å²) in [4.78, 5) is 65.3. The van der Waals surface area contributed by atoms with E-state index < -0.39 is 0 Å². The summed E-state index contributed by atoms with van der Waals surface area (Å²) in [5, 5.41) is 25.7. The summed E-state index contributed by atoms with van der Waals surface area (Å²) in [5.41, 5.74) is 15.0. The van der Waals surface area contributed by atoms with E-state index in [1.54, 1.807) is 19.1 Å². The zero-order valence-electron chi connectivity index (χ0n) is 39.1. The molecule has 2 aliphatic heterocycles. The van der Waals surface area contributed by atoms with Crippen molar-refractivity contribution in [2.45, 2.75) is 78.6 Å². The molecule has 67 heavy (non-hydrogen) atoms. The van der Waals surface area contributed by atoms with E-state index >= 15 is 0 Å². The lowest BCUT2D eigenvalue weighted by atomic mass is 9.97. The van der Waals surface area contributed by atoms with Crippen molar-refractivity contribution in [2.24, 2.45) is 15.7 Å². The average molecular weight is 930 g/mol. The molecule has 352 valence electrons. The highest BCUT2D eigenvalue weighted by atomic mass is 35.5. The fourth-order valence-corrected chi connectivity index (χ4v) is 8.26. The first kappa shape index (κ1) is 50.0. The number of aromatic hydroxyl groups is 2. The summed E-state index contributed by atoms with van der Waals surface area (Å²) in [6.07, 6.45) is 3.84. The highest BCUT2D eigenvalue weighted by Gasteiger charge is 2.25. The van der Waals surface area contributed by atoms with Crippen molar-refractivity contribution in [3.8, 4) is 11.8 Å². The Morgan fingerprint density at radius 2 is 0.985 bits per heavy atom. The van der Waals surface area contributed by atoms with Gasteiger partial charge in [0.05, 0.1) is 34.6 Å². The number of aromatic nitrogens is 2. The molecule has 14 nitrogen and oxygen atoms in total. The average Bonchev–Trinajstić information content (AvgIpc) is 3.81. The Bertz CT molecular complexity index is 2770. The predicted octanol–water partition coefficient (Wildman–Crippen LogP) is 7.88. The Morgan fingerprint density at radius 1 is 0.627 bits per heavy atom. The maximum Gasteiger partial charge on any atom is 0.218 e. The minimum absolute atomic E-state index is 0.00959. The number of amides is 1. The number of benzene rings is 4. The number of ketones is 2. The number of aliphatic imine (C=N–C) groups is 2. The SMILES string of the molecule is CC(=O)Cl.CC(=O)NCc1ccc(C(=NC2CCN(C)CC2)c2c(O)[nH]c3ccc(C(C)=O)cc23)cc1.CC(=O)c1ccc2[nH]c(O)c(C(=NC3CCN(C)CC3)c3ccc(CN)cc3)c2c1. The van der Waals surface area contributed by atoms with E-state index in [9.17, 15) is 29.4 Å². The maximum atomic E-state index is 12.0. The van der Waals surface area contributed by atoms with Crippen molar-refractivity contribution in [3.63, 3.8) is 0 Å². The third-order valence-electron chi connectivity index (χ3n) is 12.1. The molecule has 0 bridgehead atoms. The maximum absolute atomic E-state index is 12.0. The minimum atomic E-state index is -0.361. The number of aromatic amines is 2. The first-order valence-corrected chi connectivity index (χ1v) is 22.9. The van der Waals surface area contributed by atoms with Gasteiger partial charge in [0.1, 0.15) is 0 Å². The van der Waals surface area contributed by atoms with Gasteiger partial charge in [-0.15, -0.1) is 0 Å². The van der Waals surface area contributed by atoms with Gasteiger partial charge in [0.15, 0.2) is 23.3 Å². The molecule has 0 aliphatic carbocycles. The van der Waals surface area contributed by atoms with Crippen molar-refractivity contribution >= 4 is 67.5 Å². The number of nitrogens with two attached hydrogens (primary N) is 1. The Hall–Kier alpha value is -6.45. The van der Waals surface area contributed by atoms with Gasteiger partial charge in [-0.25, -0.2) is 0 Å². The molecule has 0 spiro atoms. The number of nitrogens with zero attached hydrogens (tertiary/aromatic N) is 4. The standard InChI is InChI=1S/C26H30N4O3.C24H28N4O2.C2H3ClO/c1-16(31)20-8-9-23-22(14-20)24(26(33)29-23)25(28-21-10-12-30(3)13-11-21)19-6-4-18(5-7-19)15-27-17(2)32;1-15(29)18-7-8-21-20(13-18)22(24(30)27-21)23(17-5-3-16(14-25)4-6-17)26-19-9-11-28(2)12-10-19;1-2(3)4/h4-9,14,21,29,33H,10-13,15H2,1-3H3,(H,27,32);3-8,13,19,27,30H,9-12,14,25H2,1-2H3;1H3. The number of carbonyl (C=O) groups is 4. The topological polar surface area (TPSA) is 210 Å². The van der Waals surface area contributed by atoms with Crippen LogP contribution in [0.3, 0.4) is 0 Å². The van der Waals surface area contributed by atoms with Crippen LogP contribution in [0.4, 0.5) is 0 Å². The number of halogens is 1. The van der Waals surface area contributed by atoms with Crippen LogP contribution in [0.25, 0.3) is 21.8 Å². The third kappa shape index (κ3) is 13.1. The molecule has 8 rings (SSSR count). The van der Waals surface area contributed by atoms with Crippen molar-refractivity contribution in [2.75, 3.05) is 40.3 Å². The lowest BCUT2D eigenvalue weighted by Crippen LogP contribution is -2.32. The Labute approximate surface area is 396 Å². The van der Waals surface area contributed by atoms with Crippen LogP contribution in [0.5, 0.6) is 11.8 Å². The molecule has 0 unspecified atom stereocenters. The summed E-state index contributed by atoms with van der Waals surface area (Å²) in [5.74, 6) is -0.00196. The molecule has 4 aromatic carbocycles. The third-order valence-corrected chi connectivity index (χ3v) is 12.1. The van der Waals surface area contributed by atoms with E-state index in [1.165, 1.54) is 20.8 Å². The Kier molecular flexibility index (Phi) is 17.0. The number of piperidine rings is 2. The lowest BCUT2D eigenvalue weighted by molar-refractivity contribution is -0.119. The van der Waals surface area contributed by atoms with Crippen LogP contribution >= 0.6 is 11.6 Å². The van der Waals surface area contributed by atoms with Gasteiger partial charge in [0.25, 0.3) is 0 Å². The molecule has 1 amide bonds. The molecule has 15 heteroatoms. The summed E-state index contributed by atoms with van der Waals surface area (Å²) in [6, 6.07) is 27.0. The van der Waals surface area contributed by atoms with Crippen LogP contribution in [0.15, 0.2) is 94.9 Å². The molecule has 6 aromatic rings. The minimum Gasteiger partial charge on any atom is -0.494 e. The van der Waals surface area contributed by atoms with E-state index in [2.05, 4.69) is 50.8 Å². The number of likely N-dealkylation sites (tertiary alicyclic amines) is 2. The number of fused-ring (bicyclic) bond motifs is 2. The zero-order chi connectivity index (χ0) is 48.4. The highest BCUT2D eigenvalue weighted by Crippen LogP contribution is 2.34. The van der Waals surface area contributed by atoms with E-state index in [1.807, 2.05) is 72.8 Å². The highest BCUT2D eigenvalue weighted by molar-refractivity contribution is 6.62. The smallest absolute Gasteiger partial charge is 0.218 e. The Balaban J connectivity index is 0.000000206. The van der Waals surface area contributed by atoms with Crippen molar-refractivity contribution in [1.82, 2.24) is 25.1 Å². The van der Waals surface area contributed by atoms with E-state index in [4.69, 9.17) is 15.7 Å². The van der Waals surface area contributed by atoms with Crippen LogP contribution in [0, 0.1) is 0 Å². The quantitative estimate of drug-likeness (QED) is 0.0424. The summed E-state index contributed by atoms with van der Waals surface area (Å²) >= 11 is 4.64. The van der Waals surface area contributed by atoms with Crippen molar-refractivity contribution < 1.29 is 29.4 Å². The lowest BCUT2D eigenvalue weighted by Gasteiger charge is -2.27. The fourth-order valence-electron chi connectivity index (χ4n) is 8.26. The first-order valence-electron chi connectivity index (χ1n) is 22.5. The van der Waals surface area contributed by atoms with Crippen molar-refractivity contribution in [1.29, 1.82) is 0 Å². The second-order valence-electron chi connectivity index (χ2n) is 17.3. The van der Waals surface area contributed by atoms with Crippen LogP contribution in [0.2, 0.25) is 0 Å². The zero-order valence-corrected chi connectivity index (χ0v) is 39.8. The molecular formula is C52H61ClN8O6. The van der Waals surface area contributed by atoms with Gasteiger partial charge in [-0.2, -0.15) is 0 Å². The molecule has 0 radical (unpaired) electrons. The van der Waals surface area contributed by atoms with Gasteiger partial charge in [0.2, 0.25) is 11.1 Å². The van der Waals surface area contributed by atoms with Gasteiger partial charge in [0, 0.05) is 71.0 Å². The van der Waals surface area contributed by atoms with Gasteiger partial charge in [-0.3, -0.25) is 29.2 Å². The molecule has 2 aliphatic rings. The van der Waals surface area contributed by atoms with Gasteiger partial charge < -0.3 is 41.0 Å². The number of H-pyrrole nitrogens is 2. The van der Waals surface area contributed by atoms with E-state index in [0.29, 0.717) is 41.1 Å². The molecule has 4 heterocycles. The number of hydrogen-bond donors (Lipinski definition) is 6. The Morgan fingerprint density at radius 3 is 1.33 bits per heavy atom. The van der Waals surface area contributed by atoms with Crippen LogP contribution in [0.1, 0.15) is 107 Å². The number of nitrogens with one attached hydrogen (secondary N) is 3. The normalized spacial score (nSPS) is 15.4. The fraction of sp³-hybridized carbons (Fsp3) is 0.346. The van der Waals surface area contributed by atoms with E-state index in [0.717, 1.165) is 102 Å². The number of carbonyl (C=O) groups excluding carboxylic acids is 4. The second-order valence-corrected chi connectivity index (χ2v) is 17.9. The van der Waals surface area contributed by atoms with Gasteiger partial charge in [-0.1, -0.05) is 48.5 Å². The molecular weight excluding hydrogens is 868 g/mol. The van der Waals surface area contributed by atoms with E-state index in [-0.39, 0.29) is 46.6 Å². The summed E-state index contributed by atoms with van der Waals surface area (Å²) in [6.45, 7) is 10.8. The summed E-state index contributed by atoms with van der Waals surface area (Å²) in [7, 11) is 4.24. The molecule has 2 fully saturated rings. The molecule has 2 aromatic heterocycles. The second kappa shape index (κ2) is 22.8. The largest absolute Gasteiger partial charge is 0.494 e. The number of rotatable bonds is 11. The van der Waals surface area contributed by atoms with Crippen LogP contribution in [-0.4, -0.2) is 116 Å². The molecule has 0 atom stereocenters. The van der Waals surface area contributed by atoms with Crippen LogP contribution < -0.4 is 11.1 Å². The summed E-state index contributed by atoms with van der Waals surface area (Å²) < 4.78 is 0. The van der Waals surface area contributed by atoms with Crippen molar-refractivity contribution in [3.05, 3.63) is 129 Å². The molecule has 0 saturated carbocycles. The van der Waals surface area contributed by atoms with Crippen LogP contribution in [-0.2, 0) is 22.7 Å². The molecule has 2 saturated heterocycles. The number of hydrogen-bond acceptors (Lipinski definition) is 11. The monoisotopic (exact) mass is 928 g/mol. The molecule has 7 N–H and O–H groups in total. The first-order chi connectivity index (χ1) is 32.0. The predicted molar refractivity (Wildman–Crippen MR) is 267 cm³/mol. The van der Waals surface area contributed by atoms with Gasteiger partial charge >= 0.3 is 0 Å². The van der Waals surface area contributed by atoms with Gasteiger partial charge in [-0.05, 0) is 139 Å². The number of Topliss-reactive ketones (excluding diaryl/α,β-unsaturated/α-hetero) is 2.